The van der Waals surface area contributed by atoms with E-state index in [4.69, 9.17) is 14.1 Å². The summed E-state index contributed by atoms with van der Waals surface area (Å²) in [4.78, 5) is 26.8. The second-order valence-electron chi connectivity index (χ2n) is 8.77. The number of fused-ring (bicyclic) bond motifs is 3. The summed E-state index contributed by atoms with van der Waals surface area (Å²) in [6, 6.07) is 6.05. The molecular formula is C23H25BrN6O4. The van der Waals surface area contributed by atoms with Gasteiger partial charge in [0.25, 0.3) is 0 Å². The third-order valence-electron chi connectivity index (χ3n) is 6.74. The van der Waals surface area contributed by atoms with Crippen molar-refractivity contribution in [2.75, 3.05) is 44.7 Å². The number of nitrogens with zero attached hydrogens (tertiary/aromatic N) is 6. The van der Waals surface area contributed by atoms with Gasteiger partial charge in [-0.3, -0.25) is 0 Å². The molecule has 4 heterocycles. The zero-order valence-corrected chi connectivity index (χ0v) is 20.4. The van der Waals surface area contributed by atoms with Gasteiger partial charge in [-0.25, -0.2) is 4.79 Å². The number of anilines is 1. The number of hydrogen-bond donors (Lipinski definition) is 1. The highest BCUT2D eigenvalue weighted by atomic mass is 79.9. The van der Waals surface area contributed by atoms with E-state index in [0.717, 1.165) is 34.6 Å². The minimum atomic E-state index is -1.02. The van der Waals surface area contributed by atoms with E-state index in [1.807, 2.05) is 17.0 Å². The van der Waals surface area contributed by atoms with Gasteiger partial charge >= 0.3 is 12.1 Å². The molecule has 2 aliphatic rings. The van der Waals surface area contributed by atoms with Crippen LogP contribution in [0.3, 0.4) is 0 Å². The fourth-order valence-corrected chi connectivity index (χ4v) is 5.42. The van der Waals surface area contributed by atoms with Crippen molar-refractivity contribution in [3.8, 4) is 12.1 Å². The highest BCUT2D eigenvalue weighted by molar-refractivity contribution is 9.10. The number of amides is 1. The molecule has 2 aliphatic heterocycles. The lowest BCUT2D eigenvalue weighted by Crippen LogP contribution is -2.55. The lowest BCUT2D eigenvalue weighted by Gasteiger charge is -2.39. The predicted molar refractivity (Wildman–Crippen MR) is 129 cm³/mol. The molecule has 2 unspecified atom stereocenters. The highest BCUT2D eigenvalue weighted by Gasteiger charge is 2.33. The molecule has 1 aromatic carbocycles. The summed E-state index contributed by atoms with van der Waals surface area (Å²) in [6.45, 7) is 2.59. The average molecular weight is 529 g/mol. The number of nitriles is 1. The third-order valence-corrected chi connectivity index (χ3v) is 7.40. The van der Waals surface area contributed by atoms with Crippen molar-refractivity contribution in [2.24, 2.45) is 0 Å². The Bertz CT molecular complexity index is 1270. The van der Waals surface area contributed by atoms with Crippen molar-refractivity contribution in [3.05, 3.63) is 22.9 Å². The molecule has 10 nitrogen and oxygen atoms in total. The Hall–Kier alpha value is -3.10. The Balaban J connectivity index is 1.56. The summed E-state index contributed by atoms with van der Waals surface area (Å²) < 4.78 is 12.8. The number of carbonyl (C=O) groups is 1. The van der Waals surface area contributed by atoms with Crippen molar-refractivity contribution in [1.82, 2.24) is 19.8 Å². The fraction of sp³-hybridized carbons (Fsp3) is 0.478. The number of carboxylic acid groups (broad SMARTS) is 1. The van der Waals surface area contributed by atoms with E-state index in [-0.39, 0.29) is 19.0 Å². The molecule has 178 valence electrons. The van der Waals surface area contributed by atoms with Crippen LogP contribution in [0.1, 0.15) is 19.3 Å². The van der Waals surface area contributed by atoms with Crippen molar-refractivity contribution < 1.29 is 19.1 Å². The van der Waals surface area contributed by atoms with E-state index in [0.29, 0.717) is 42.7 Å². The Morgan fingerprint density at radius 2 is 2.21 bits per heavy atom. The Kier molecular flexibility index (Phi) is 6.18. The number of aromatic nitrogens is 2. The van der Waals surface area contributed by atoms with E-state index in [1.165, 1.54) is 4.90 Å². The first-order valence-corrected chi connectivity index (χ1v) is 12.1. The molecule has 3 aromatic rings. The maximum Gasteiger partial charge on any atom is 0.407 e. The molecule has 2 saturated heterocycles. The summed E-state index contributed by atoms with van der Waals surface area (Å²) >= 11 is 3.61. The monoisotopic (exact) mass is 528 g/mol. The topological polar surface area (TPSA) is 119 Å². The Morgan fingerprint density at radius 3 is 2.94 bits per heavy atom. The predicted octanol–water partition coefficient (Wildman–Crippen LogP) is 3.69. The molecule has 2 aromatic heterocycles. The molecule has 11 heteroatoms. The molecule has 0 aliphatic carbocycles. The van der Waals surface area contributed by atoms with Crippen LogP contribution in [0.15, 0.2) is 27.3 Å². The van der Waals surface area contributed by atoms with Crippen LogP contribution >= 0.6 is 15.9 Å². The average Bonchev–Trinajstić information content (AvgIpc) is 3.46. The molecule has 2 fully saturated rings. The van der Waals surface area contributed by atoms with Gasteiger partial charge in [0.05, 0.1) is 35.7 Å². The zero-order valence-electron chi connectivity index (χ0n) is 18.8. The van der Waals surface area contributed by atoms with Gasteiger partial charge in [0.15, 0.2) is 0 Å². The van der Waals surface area contributed by atoms with Gasteiger partial charge in [0.2, 0.25) is 0 Å². The first-order valence-electron chi connectivity index (χ1n) is 11.3. The van der Waals surface area contributed by atoms with Gasteiger partial charge in [-0.15, -0.1) is 0 Å². The number of benzene rings is 1. The third kappa shape index (κ3) is 4.12. The highest BCUT2D eigenvalue weighted by Crippen LogP contribution is 2.38. The van der Waals surface area contributed by atoms with E-state index < -0.39 is 12.1 Å². The molecule has 0 saturated carbocycles. The van der Waals surface area contributed by atoms with Gasteiger partial charge in [-0.2, -0.15) is 15.2 Å². The van der Waals surface area contributed by atoms with Crippen molar-refractivity contribution in [2.45, 2.75) is 31.3 Å². The summed E-state index contributed by atoms with van der Waals surface area (Å²) in [5, 5.41) is 20.5. The quantitative estimate of drug-likeness (QED) is 0.528. The van der Waals surface area contributed by atoms with Crippen LogP contribution in [0, 0.1) is 11.3 Å². The second kappa shape index (κ2) is 9.27. The summed E-state index contributed by atoms with van der Waals surface area (Å²) in [7, 11) is 2.09. The SMILES string of the molecule is CN1CCCC1COc1nc(N2CCN(C(=O)O)C(CC#N)C2)c2c(cc(Br)c3ccoc32)n1. The number of likely N-dealkylation sites (tertiary alicyclic amines) is 1. The standard InChI is InChI=1S/C23H25BrN6O4/c1-28-7-2-3-15(28)13-34-22-26-18-11-17(24)16-5-10-33-20(16)19(18)21(27-22)29-8-9-30(23(31)32)14(12-29)4-6-25/h5,10-11,14-15H,2-4,7-9,12-13H2,1H3,(H,31,32). The van der Waals surface area contributed by atoms with Crippen molar-refractivity contribution >= 4 is 49.7 Å². The van der Waals surface area contributed by atoms with Gasteiger partial charge in [0, 0.05) is 35.5 Å². The van der Waals surface area contributed by atoms with Gasteiger partial charge < -0.3 is 29.0 Å². The van der Waals surface area contributed by atoms with E-state index in [1.54, 1.807) is 6.26 Å². The lowest BCUT2D eigenvalue weighted by molar-refractivity contribution is 0.119. The van der Waals surface area contributed by atoms with Crippen LogP contribution in [0.4, 0.5) is 10.6 Å². The normalized spacial score (nSPS) is 21.3. The second-order valence-corrected chi connectivity index (χ2v) is 9.63. The Morgan fingerprint density at radius 1 is 1.35 bits per heavy atom. The summed E-state index contributed by atoms with van der Waals surface area (Å²) in [5.41, 5.74) is 1.32. The summed E-state index contributed by atoms with van der Waals surface area (Å²) in [5.74, 6) is 0.625. The molecule has 0 bridgehead atoms. The molecule has 1 amide bonds. The Labute approximate surface area is 204 Å². The van der Waals surface area contributed by atoms with Gasteiger partial charge in [-0.1, -0.05) is 0 Å². The van der Waals surface area contributed by atoms with Crippen molar-refractivity contribution in [3.63, 3.8) is 0 Å². The maximum absolute atomic E-state index is 11.7. The number of hydrogen-bond acceptors (Lipinski definition) is 8. The number of piperazine rings is 1. The maximum atomic E-state index is 11.7. The minimum Gasteiger partial charge on any atom is -0.465 e. The molecular weight excluding hydrogens is 504 g/mol. The molecule has 5 rings (SSSR count). The molecule has 2 atom stereocenters. The van der Waals surface area contributed by atoms with E-state index in [2.05, 4.69) is 38.9 Å². The number of halogens is 1. The number of likely N-dealkylation sites (N-methyl/N-ethyl adjacent to an activating group) is 1. The van der Waals surface area contributed by atoms with Crippen LogP contribution in [-0.4, -0.2) is 82.9 Å². The van der Waals surface area contributed by atoms with Crippen LogP contribution in [0.5, 0.6) is 6.01 Å². The number of rotatable bonds is 5. The molecule has 0 spiro atoms. The molecule has 1 N–H and O–H groups in total. The van der Waals surface area contributed by atoms with E-state index in [9.17, 15) is 15.2 Å². The lowest BCUT2D eigenvalue weighted by atomic mass is 10.1. The van der Waals surface area contributed by atoms with Crippen LogP contribution in [0.25, 0.3) is 21.9 Å². The summed E-state index contributed by atoms with van der Waals surface area (Å²) in [6.07, 6.45) is 2.92. The van der Waals surface area contributed by atoms with Gasteiger partial charge in [0.1, 0.15) is 18.0 Å². The molecule has 0 radical (unpaired) electrons. The van der Waals surface area contributed by atoms with E-state index >= 15 is 0 Å². The number of ether oxygens (including phenoxy) is 1. The first kappa shape index (κ1) is 22.7. The van der Waals surface area contributed by atoms with Crippen LogP contribution in [-0.2, 0) is 0 Å². The van der Waals surface area contributed by atoms with Gasteiger partial charge in [-0.05, 0) is 54.5 Å². The largest absolute Gasteiger partial charge is 0.465 e. The smallest absolute Gasteiger partial charge is 0.407 e. The van der Waals surface area contributed by atoms with Crippen molar-refractivity contribution in [1.29, 1.82) is 5.26 Å². The first-order chi connectivity index (χ1) is 16.5. The van der Waals surface area contributed by atoms with Crippen LogP contribution < -0.4 is 9.64 Å². The number of furan rings is 1. The minimum absolute atomic E-state index is 0.102. The fourth-order valence-electron chi connectivity index (χ4n) is 4.89. The van der Waals surface area contributed by atoms with Crippen LogP contribution in [0.2, 0.25) is 0 Å². The zero-order chi connectivity index (χ0) is 23.8. The molecule has 34 heavy (non-hydrogen) atoms.